The predicted molar refractivity (Wildman–Crippen MR) is 82.8 cm³/mol. The Morgan fingerprint density at radius 3 is 3.00 bits per heavy atom. The van der Waals surface area contributed by atoms with E-state index in [1.54, 1.807) is 6.20 Å². The fraction of sp³-hybridized carbons (Fsp3) is 0.769. The minimum Gasteiger partial charge on any atom is -0.322 e. The fourth-order valence-electron chi connectivity index (χ4n) is 2.40. The first-order valence-electron chi connectivity index (χ1n) is 6.82. The largest absolute Gasteiger partial charge is 0.322 e. The Bertz CT molecular complexity index is 401. The van der Waals surface area contributed by atoms with Crippen molar-refractivity contribution in [3.8, 4) is 0 Å². The summed E-state index contributed by atoms with van der Waals surface area (Å²) in [5.41, 5.74) is 7.45. The van der Waals surface area contributed by atoms with Gasteiger partial charge >= 0.3 is 0 Å². The molecule has 0 radical (unpaired) electrons. The van der Waals surface area contributed by atoms with Gasteiger partial charge in [-0.3, -0.25) is 4.68 Å². The quantitative estimate of drug-likeness (QED) is 0.907. The van der Waals surface area contributed by atoms with Crippen molar-refractivity contribution in [3.05, 3.63) is 16.9 Å². The summed E-state index contributed by atoms with van der Waals surface area (Å²) < 4.78 is 1.97. The highest BCUT2D eigenvalue weighted by atomic mass is 35.5. The third-order valence-corrected chi connectivity index (χ3v) is 5.30. The molecule has 2 atom stereocenters. The van der Waals surface area contributed by atoms with Crippen LogP contribution in [-0.4, -0.2) is 46.3 Å². The van der Waals surface area contributed by atoms with E-state index in [2.05, 4.69) is 24.1 Å². The number of rotatable bonds is 5. The molecule has 2 heterocycles. The highest BCUT2D eigenvalue weighted by molar-refractivity contribution is 8.00. The van der Waals surface area contributed by atoms with Gasteiger partial charge in [0.05, 0.1) is 29.5 Å². The maximum atomic E-state index is 6.44. The fourth-order valence-corrected chi connectivity index (χ4v) is 4.01. The molecule has 0 saturated carbocycles. The molecule has 2 unspecified atom stereocenters. The topological polar surface area (TPSA) is 47.1 Å². The molecule has 108 valence electrons. The van der Waals surface area contributed by atoms with Gasteiger partial charge in [0.25, 0.3) is 0 Å². The van der Waals surface area contributed by atoms with Crippen molar-refractivity contribution in [1.82, 2.24) is 14.7 Å². The van der Waals surface area contributed by atoms with Crippen molar-refractivity contribution in [2.45, 2.75) is 37.1 Å². The van der Waals surface area contributed by atoms with Crippen LogP contribution < -0.4 is 5.73 Å². The summed E-state index contributed by atoms with van der Waals surface area (Å²) in [7, 11) is 4.11. The van der Waals surface area contributed by atoms with E-state index >= 15 is 0 Å². The zero-order chi connectivity index (χ0) is 13.8. The Hall–Kier alpha value is -0.230. The summed E-state index contributed by atoms with van der Waals surface area (Å²) in [4.78, 5) is 2.14. The van der Waals surface area contributed by atoms with Gasteiger partial charge in [-0.25, -0.2) is 0 Å². The smallest absolute Gasteiger partial charge is 0.0834 e. The van der Waals surface area contributed by atoms with Gasteiger partial charge in [-0.05, 0) is 32.7 Å². The predicted octanol–water partition coefficient (Wildman–Crippen LogP) is 2.38. The van der Waals surface area contributed by atoms with Crippen LogP contribution in [0, 0.1) is 0 Å². The maximum absolute atomic E-state index is 6.44. The normalized spacial score (nSPS) is 21.8. The monoisotopic (exact) mass is 302 g/mol. The molecule has 6 heteroatoms. The molecule has 1 aliphatic rings. The Labute approximate surface area is 124 Å². The van der Waals surface area contributed by atoms with Crippen LogP contribution in [0.3, 0.4) is 0 Å². The van der Waals surface area contributed by atoms with Gasteiger partial charge in [-0.15, -0.1) is 0 Å². The van der Waals surface area contributed by atoms with Crippen molar-refractivity contribution < 1.29 is 0 Å². The van der Waals surface area contributed by atoms with Gasteiger partial charge in [-0.1, -0.05) is 18.0 Å². The molecule has 2 rings (SSSR count). The molecule has 0 amide bonds. The van der Waals surface area contributed by atoms with Crippen LogP contribution in [0.25, 0.3) is 0 Å². The van der Waals surface area contributed by atoms with Gasteiger partial charge in [0.1, 0.15) is 0 Å². The summed E-state index contributed by atoms with van der Waals surface area (Å²) in [5, 5.41) is 5.55. The van der Waals surface area contributed by atoms with E-state index in [0.717, 1.165) is 18.8 Å². The number of thioether (sulfide) groups is 1. The molecule has 4 nitrogen and oxygen atoms in total. The lowest BCUT2D eigenvalue weighted by Crippen LogP contribution is -2.30. The summed E-state index contributed by atoms with van der Waals surface area (Å²) in [6.45, 7) is 1.77. The second-order valence-electron chi connectivity index (χ2n) is 5.33. The Balaban J connectivity index is 2.10. The summed E-state index contributed by atoms with van der Waals surface area (Å²) in [5.74, 6) is 1.21. The van der Waals surface area contributed by atoms with E-state index in [0.29, 0.717) is 10.3 Å². The second-order valence-corrected chi connectivity index (χ2v) is 7.09. The zero-order valence-corrected chi connectivity index (χ0v) is 13.3. The standard InChI is InChI=1S/C13H23ClN4S/c1-17(2)6-7-18-13(10(14)9-16-18)12(15)11-5-3-4-8-19-11/h9,11-12H,3-8,15H2,1-2H3. The van der Waals surface area contributed by atoms with Crippen LogP contribution >= 0.6 is 23.4 Å². The minimum atomic E-state index is -0.0116. The molecular weight excluding hydrogens is 280 g/mol. The molecule has 0 aliphatic carbocycles. The number of hydrogen-bond donors (Lipinski definition) is 1. The van der Waals surface area contributed by atoms with Crippen molar-refractivity contribution in [1.29, 1.82) is 0 Å². The van der Waals surface area contributed by atoms with Gasteiger partial charge in [-0.2, -0.15) is 16.9 Å². The minimum absolute atomic E-state index is 0.0116. The lowest BCUT2D eigenvalue weighted by molar-refractivity contribution is 0.365. The number of hydrogen-bond acceptors (Lipinski definition) is 4. The van der Waals surface area contributed by atoms with Crippen molar-refractivity contribution in [2.24, 2.45) is 5.73 Å². The molecule has 0 bridgehead atoms. The Morgan fingerprint density at radius 1 is 1.58 bits per heavy atom. The molecule has 19 heavy (non-hydrogen) atoms. The Morgan fingerprint density at radius 2 is 2.37 bits per heavy atom. The molecule has 0 aromatic carbocycles. The van der Waals surface area contributed by atoms with E-state index < -0.39 is 0 Å². The maximum Gasteiger partial charge on any atom is 0.0834 e. The lowest BCUT2D eigenvalue weighted by Gasteiger charge is -2.28. The first-order chi connectivity index (χ1) is 9.09. The molecule has 2 N–H and O–H groups in total. The van der Waals surface area contributed by atoms with E-state index in [4.69, 9.17) is 17.3 Å². The van der Waals surface area contributed by atoms with Crippen LogP contribution in [0.2, 0.25) is 5.02 Å². The van der Waals surface area contributed by atoms with Crippen LogP contribution in [0.15, 0.2) is 6.20 Å². The molecule has 1 fully saturated rings. The van der Waals surface area contributed by atoms with E-state index in [1.807, 2.05) is 16.4 Å². The first-order valence-corrected chi connectivity index (χ1v) is 8.25. The van der Waals surface area contributed by atoms with Gasteiger partial charge in [0.2, 0.25) is 0 Å². The highest BCUT2D eigenvalue weighted by Crippen LogP contribution is 2.35. The summed E-state index contributed by atoms with van der Waals surface area (Å²) in [6, 6.07) is -0.0116. The van der Waals surface area contributed by atoms with Crippen LogP contribution in [0.4, 0.5) is 0 Å². The van der Waals surface area contributed by atoms with Crippen LogP contribution in [0.1, 0.15) is 31.0 Å². The number of halogens is 1. The molecule has 1 aliphatic heterocycles. The SMILES string of the molecule is CN(C)CCn1ncc(Cl)c1C(N)C1CCCCS1. The van der Waals surface area contributed by atoms with E-state index in [-0.39, 0.29) is 6.04 Å². The van der Waals surface area contributed by atoms with Gasteiger partial charge in [0.15, 0.2) is 0 Å². The zero-order valence-electron chi connectivity index (χ0n) is 11.7. The number of nitrogens with two attached hydrogens (primary N) is 1. The third-order valence-electron chi connectivity index (χ3n) is 3.52. The first kappa shape index (κ1) is 15.2. The second kappa shape index (κ2) is 6.97. The average Bonchev–Trinajstić information content (AvgIpc) is 2.78. The van der Waals surface area contributed by atoms with Crippen LogP contribution in [0.5, 0.6) is 0 Å². The average molecular weight is 303 g/mol. The summed E-state index contributed by atoms with van der Waals surface area (Å²) in [6.07, 6.45) is 5.48. The molecule has 1 aromatic heterocycles. The van der Waals surface area contributed by atoms with Crippen molar-refractivity contribution in [3.63, 3.8) is 0 Å². The molecular formula is C13H23ClN4S. The third kappa shape index (κ3) is 3.88. The molecule has 1 aromatic rings. The molecule has 0 spiro atoms. The number of likely N-dealkylation sites (N-methyl/N-ethyl adjacent to an activating group) is 1. The highest BCUT2D eigenvalue weighted by Gasteiger charge is 2.27. The van der Waals surface area contributed by atoms with Gasteiger partial charge in [0, 0.05) is 11.8 Å². The van der Waals surface area contributed by atoms with Gasteiger partial charge < -0.3 is 10.6 Å². The number of aromatic nitrogens is 2. The van der Waals surface area contributed by atoms with Crippen molar-refractivity contribution >= 4 is 23.4 Å². The lowest BCUT2D eigenvalue weighted by atomic mass is 10.0. The number of nitrogens with zero attached hydrogens (tertiary/aromatic N) is 3. The Kier molecular flexibility index (Phi) is 5.57. The van der Waals surface area contributed by atoms with Crippen molar-refractivity contribution in [2.75, 3.05) is 26.4 Å². The van der Waals surface area contributed by atoms with Crippen LogP contribution in [-0.2, 0) is 6.54 Å². The molecule has 1 saturated heterocycles. The summed E-state index contributed by atoms with van der Waals surface area (Å²) >= 11 is 8.26. The van der Waals surface area contributed by atoms with E-state index in [1.165, 1.54) is 25.0 Å². The van der Waals surface area contributed by atoms with E-state index in [9.17, 15) is 0 Å².